The molecule has 0 fully saturated rings. The van der Waals surface area contributed by atoms with Gasteiger partial charge < -0.3 is 9.84 Å². The molecule has 0 aliphatic heterocycles. The van der Waals surface area contributed by atoms with Crippen LogP contribution in [0.5, 0.6) is 5.75 Å². The van der Waals surface area contributed by atoms with Crippen molar-refractivity contribution in [1.82, 2.24) is 4.98 Å². The van der Waals surface area contributed by atoms with Gasteiger partial charge in [0.2, 0.25) is 0 Å². The van der Waals surface area contributed by atoms with Crippen LogP contribution in [0.3, 0.4) is 0 Å². The van der Waals surface area contributed by atoms with Crippen molar-refractivity contribution < 1.29 is 14.6 Å². The summed E-state index contributed by atoms with van der Waals surface area (Å²) in [5, 5.41) is 10.9. The average molecular weight is 542 g/mol. The minimum Gasteiger partial charge on any atom is -0.478 e. The molecule has 196 valence electrons. The van der Waals surface area contributed by atoms with Gasteiger partial charge in [0.25, 0.3) is 0 Å². The molecule has 0 saturated carbocycles. The number of benzene rings is 4. The zero-order valence-corrected chi connectivity index (χ0v) is 22.6. The summed E-state index contributed by atoms with van der Waals surface area (Å²) in [5.74, 6) is -0.445. The Kier molecular flexibility index (Phi) is 7.38. The predicted octanol–water partition coefficient (Wildman–Crippen LogP) is 8.30. The molecular weight excluding hydrogens is 514 g/mol. The zero-order chi connectivity index (χ0) is 27.3. The third kappa shape index (κ3) is 5.65. The Morgan fingerprint density at radius 1 is 0.750 bits per heavy atom. The number of nitrogens with zero attached hydrogens (tertiary/aromatic N) is 1. The highest BCUT2D eigenvalue weighted by Crippen LogP contribution is 2.40. The molecule has 4 nitrogen and oxygen atoms in total. The minimum atomic E-state index is -0.980. The molecule has 0 radical (unpaired) electrons. The van der Waals surface area contributed by atoms with Crippen molar-refractivity contribution in [1.29, 1.82) is 0 Å². The van der Waals surface area contributed by atoms with E-state index in [-0.39, 0.29) is 0 Å². The molecule has 40 heavy (non-hydrogen) atoms. The maximum absolute atomic E-state index is 11.8. The van der Waals surface area contributed by atoms with Crippen molar-refractivity contribution in [3.05, 3.63) is 144 Å². The van der Waals surface area contributed by atoms with Crippen molar-refractivity contribution in [2.45, 2.75) is 18.9 Å². The molecule has 0 aliphatic carbocycles. The first-order valence-electron chi connectivity index (χ1n) is 13.2. The number of aliphatic carboxylic acids is 1. The Labute approximate surface area is 237 Å². The molecule has 1 atom stereocenters. The molecule has 2 heterocycles. The van der Waals surface area contributed by atoms with E-state index in [2.05, 4.69) is 59.6 Å². The number of carboxylic acids is 1. The van der Waals surface area contributed by atoms with E-state index < -0.39 is 12.1 Å². The summed E-state index contributed by atoms with van der Waals surface area (Å²) in [4.78, 5) is 17.7. The number of fused-ring (bicyclic) bond motifs is 1. The summed E-state index contributed by atoms with van der Waals surface area (Å²) in [6.45, 7) is 0. The molecule has 0 unspecified atom stereocenters. The highest BCUT2D eigenvalue weighted by Gasteiger charge is 2.20. The number of hydrogen-bond acceptors (Lipinski definition) is 4. The molecule has 0 bridgehead atoms. The van der Waals surface area contributed by atoms with E-state index in [1.807, 2.05) is 84.3 Å². The average Bonchev–Trinajstić information content (AvgIpc) is 3.36. The van der Waals surface area contributed by atoms with E-state index in [0.29, 0.717) is 12.2 Å². The molecule has 2 aromatic heterocycles. The lowest BCUT2D eigenvalue weighted by Crippen LogP contribution is -2.29. The van der Waals surface area contributed by atoms with Gasteiger partial charge in [-0.15, -0.1) is 11.3 Å². The quantitative estimate of drug-likeness (QED) is 0.200. The van der Waals surface area contributed by atoms with Crippen LogP contribution >= 0.6 is 11.3 Å². The van der Waals surface area contributed by atoms with Crippen LogP contribution in [0, 0.1) is 0 Å². The fourth-order valence-electron chi connectivity index (χ4n) is 4.93. The summed E-state index contributed by atoms with van der Waals surface area (Å²) in [7, 11) is 0. The number of rotatable bonds is 9. The largest absolute Gasteiger partial charge is 0.478 e. The van der Waals surface area contributed by atoms with Gasteiger partial charge in [-0.05, 0) is 52.6 Å². The molecular formula is C35H27NO3S. The second-order valence-electron chi connectivity index (χ2n) is 9.63. The Bertz CT molecular complexity index is 1730. The van der Waals surface area contributed by atoms with Gasteiger partial charge in [0.05, 0.1) is 0 Å². The molecule has 4 aromatic carbocycles. The molecule has 5 heteroatoms. The zero-order valence-electron chi connectivity index (χ0n) is 21.7. The summed E-state index contributed by atoms with van der Waals surface area (Å²) in [6.07, 6.45) is 1.99. The number of carbonyl (C=O) groups is 1. The number of pyridine rings is 1. The van der Waals surface area contributed by atoms with Crippen LogP contribution in [-0.4, -0.2) is 22.2 Å². The van der Waals surface area contributed by atoms with Crippen molar-refractivity contribution in [3.63, 3.8) is 0 Å². The van der Waals surface area contributed by atoms with Gasteiger partial charge >= 0.3 is 5.97 Å². The van der Waals surface area contributed by atoms with Gasteiger partial charge in [0.15, 0.2) is 6.10 Å². The standard InChI is InChI=1S/C35H27NO3S/c37-35(38)31(22-24-8-2-1-3-9-24)39-29-19-17-26(18-20-29)25-13-15-27(16-14-25)34-30-11-4-5-12-32(30)40-33(34)23-28-10-6-7-21-36-28/h1-21,31H,22-23H2,(H,37,38)/t31-/m1/s1. The van der Waals surface area contributed by atoms with Crippen LogP contribution in [0.25, 0.3) is 32.3 Å². The van der Waals surface area contributed by atoms with Crippen LogP contribution in [0.2, 0.25) is 0 Å². The van der Waals surface area contributed by atoms with E-state index in [1.54, 1.807) is 0 Å². The Balaban J connectivity index is 1.23. The molecule has 1 N–H and O–H groups in total. The number of thiophene rings is 1. The lowest BCUT2D eigenvalue weighted by Gasteiger charge is -2.15. The van der Waals surface area contributed by atoms with Crippen LogP contribution in [0.15, 0.2) is 128 Å². The van der Waals surface area contributed by atoms with Gasteiger partial charge in [0, 0.05) is 45.3 Å². The van der Waals surface area contributed by atoms with Crippen LogP contribution in [-0.2, 0) is 17.6 Å². The lowest BCUT2D eigenvalue weighted by molar-refractivity contribution is -0.145. The summed E-state index contributed by atoms with van der Waals surface area (Å²) in [6, 6.07) is 40.4. The topological polar surface area (TPSA) is 59.4 Å². The van der Waals surface area contributed by atoms with Crippen LogP contribution in [0.1, 0.15) is 16.1 Å². The lowest BCUT2D eigenvalue weighted by atomic mass is 9.97. The molecule has 0 spiro atoms. The number of aromatic nitrogens is 1. The first-order valence-corrected chi connectivity index (χ1v) is 14.0. The normalized spacial score (nSPS) is 11.8. The molecule has 6 aromatic rings. The van der Waals surface area contributed by atoms with Gasteiger partial charge in [-0.2, -0.15) is 0 Å². The first kappa shape index (κ1) is 25.5. The fraction of sp³-hybridized carbons (Fsp3) is 0.0857. The first-order chi connectivity index (χ1) is 19.6. The van der Waals surface area contributed by atoms with E-state index in [9.17, 15) is 9.90 Å². The number of hydrogen-bond donors (Lipinski definition) is 1. The second-order valence-corrected chi connectivity index (χ2v) is 10.8. The van der Waals surface area contributed by atoms with E-state index in [4.69, 9.17) is 4.74 Å². The summed E-state index contributed by atoms with van der Waals surface area (Å²) < 4.78 is 7.11. The number of ether oxygens (including phenoxy) is 1. The maximum atomic E-state index is 11.8. The van der Waals surface area contributed by atoms with E-state index >= 15 is 0 Å². The predicted molar refractivity (Wildman–Crippen MR) is 162 cm³/mol. The highest BCUT2D eigenvalue weighted by molar-refractivity contribution is 7.19. The second kappa shape index (κ2) is 11.6. The summed E-state index contributed by atoms with van der Waals surface area (Å²) in [5.41, 5.74) is 6.55. The van der Waals surface area contributed by atoms with Gasteiger partial charge in [-0.1, -0.05) is 91.0 Å². The Hall–Kier alpha value is -4.74. The third-order valence-electron chi connectivity index (χ3n) is 6.92. The molecule has 6 rings (SSSR count). The van der Waals surface area contributed by atoms with Gasteiger partial charge in [-0.3, -0.25) is 4.98 Å². The minimum absolute atomic E-state index is 0.305. The van der Waals surface area contributed by atoms with Crippen molar-refractivity contribution in [3.8, 4) is 28.0 Å². The molecule has 0 aliphatic rings. The van der Waals surface area contributed by atoms with Crippen LogP contribution < -0.4 is 4.74 Å². The number of carboxylic acid groups (broad SMARTS) is 1. The van der Waals surface area contributed by atoms with E-state index in [0.717, 1.165) is 28.8 Å². The Morgan fingerprint density at radius 3 is 2.10 bits per heavy atom. The Morgan fingerprint density at radius 2 is 1.40 bits per heavy atom. The summed E-state index contributed by atoms with van der Waals surface area (Å²) >= 11 is 1.83. The third-order valence-corrected chi connectivity index (χ3v) is 8.09. The van der Waals surface area contributed by atoms with Crippen LogP contribution in [0.4, 0.5) is 0 Å². The smallest absolute Gasteiger partial charge is 0.345 e. The highest BCUT2D eigenvalue weighted by atomic mass is 32.1. The maximum Gasteiger partial charge on any atom is 0.345 e. The fourth-order valence-corrected chi connectivity index (χ4v) is 6.17. The van der Waals surface area contributed by atoms with Gasteiger partial charge in [0.1, 0.15) is 5.75 Å². The SMILES string of the molecule is O=C(O)[C@@H](Cc1ccccc1)Oc1ccc(-c2ccc(-c3c(Cc4ccccn4)sc4ccccc34)cc2)cc1. The van der Waals surface area contributed by atoms with Gasteiger partial charge in [-0.25, -0.2) is 4.79 Å². The molecule has 0 saturated heterocycles. The van der Waals surface area contributed by atoms with E-state index in [1.165, 1.54) is 26.1 Å². The molecule has 0 amide bonds. The van der Waals surface area contributed by atoms with Crippen molar-refractivity contribution in [2.24, 2.45) is 0 Å². The van der Waals surface area contributed by atoms with Crippen molar-refractivity contribution >= 4 is 27.4 Å². The monoisotopic (exact) mass is 541 g/mol. The van der Waals surface area contributed by atoms with Crippen molar-refractivity contribution in [2.75, 3.05) is 0 Å².